The zero-order valence-corrected chi connectivity index (χ0v) is 9.02. The molecule has 5 heteroatoms. The Morgan fingerprint density at radius 1 is 1.38 bits per heavy atom. The Morgan fingerprint density at radius 3 is 2.85 bits per heavy atom. The normalized spacial score (nSPS) is 10.3. The van der Waals surface area contributed by atoms with E-state index < -0.39 is 0 Å². The molecular weight excluding hydrogens is 281 g/mol. The number of aromatic nitrogens is 3. The van der Waals surface area contributed by atoms with Crippen LogP contribution in [0.25, 0.3) is 11.5 Å². The topological polar surface area (TPSA) is 51.8 Å². The molecule has 0 atom stereocenters. The summed E-state index contributed by atoms with van der Waals surface area (Å²) in [5.41, 5.74) is 1.78. The molecule has 0 radical (unpaired) electrons. The van der Waals surface area contributed by atoms with Crippen LogP contribution in [0, 0.1) is 10.8 Å². The number of aryl methyl sites for hydroxylation is 1. The average molecular weight is 287 g/mol. The Bertz CT molecular complexity index is 427. The second-order valence-electron chi connectivity index (χ2n) is 2.50. The summed E-state index contributed by atoms with van der Waals surface area (Å²) in [7, 11) is 0. The largest absolute Gasteiger partial charge is 0.412 e. The molecule has 2 heterocycles. The van der Waals surface area contributed by atoms with Gasteiger partial charge in [0.1, 0.15) is 0 Å². The Balaban J connectivity index is 2.52. The van der Waals surface area contributed by atoms with E-state index >= 15 is 0 Å². The van der Waals surface area contributed by atoms with Crippen molar-refractivity contribution in [1.29, 1.82) is 0 Å². The molecule has 0 amide bonds. The first-order chi connectivity index (χ1) is 6.27. The summed E-state index contributed by atoms with van der Waals surface area (Å²) in [4.78, 5) is 4.13. The van der Waals surface area contributed by atoms with Crippen molar-refractivity contribution in [3.63, 3.8) is 0 Å². The fraction of sp³-hybridized carbons (Fsp3) is 0.125. The van der Waals surface area contributed by atoms with Crippen LogP contribution >= 0.6 is 22.6 Å². The summed E-state index contributed by atoms with van der Waals surface area (Å²) < 4.78 is 5.81. The van der Waals surface area contributed by atoms with E-state index in [9.17, 15) is 0 Å². The molecule has 0 saturated carbocycles. The van der Waals surface area contributed by atoms with Crippen LogP contribution in [-0.2, 0) is 0 Å². The number of nitrogens with zero attached hydrogens (tertiary/aromatic N) is 3. The second kappa shape index (κ2) is 3.41. The van der Waals surface area contributed by atoms with Gasteiger partial charge in [-0.1, -0.05) is 0 Å². The van der Waals surface area contributed by atoms with Gasteiger partial charge >= 0.3 is 0 Å². The molecule has 0 saturated heterocycles. The van der Waals surface area contributed by atoms with Crippen molar-refractivity contribution in [2.45, 2.75) is 6.92 Å². The summed E-state index contributed by atoms with van der Waals surface area (Å²) in [6.45, 7) is 1.91. The lowest BCUT2D eigenvalue weighted by Gasteiger charge is -1.96. The molecule has 0 fully saturated rings. The van der Waals surface area contributed by atoms with Crippen LogP contribution in [-0.4, -0.2) is 15.2 Å². The summed E-state index contributed by atoms with van der Waals surface area (Å²) in [5.74, 6) is 0.523. The highest BCUT2D eigenvalue weighted by Crippen LogP contribution is 2.20. The summed E-state index contributed by atoms with van der Waals surface area (Å²) in [6, 6.07) is 3.76. The molecule has 0 bridgehead atoms. The number of halogens is 1. The molecule has 0 unspecified atom stereocenters. The third-order valence-corrected chi connectivity index (χ3v) is 2.07. The van der Waals surface area contributed by atoms with Crippen LogP contribution < -0.4 is 0 Å². The van der Waals surface area contributed by atoms with E-state index in [0.717, 1.165) is 11.3 Å². The number of hydrogen-bond donors (Lipinski definition) is 0. The fourth-order valence-corrected chi connectivity index (χ4v) is 1.34. The van der Waals surface area contributed by atoms with Crippen molar-refractivity contribution in [3.8, 4) is 11.5 Å². The average Bonchev–Trinajstić information content (AvgIpc) is 2.53. The van der Waals surface area contributed by atoms with Crippen molar-refractivity contribution in [1.82, 2.24) is 15.2 Å². The zero-order valence-electron chi connectivity index (χ0n) is 6.86. The van der Waals surface area contributed by atoms with Crippen LogP contribution in [0.1, 0.15) is 5.69 Å². The lowest BCUT2D eigenvalue weighted by molar-refractivity contribution is 0.536. The van der Waals surface area contributed by atoms with Gasteiger partial charge in [-0.2, -0.15) is 0 Å². The van der Waals surface area contributed by atoms with Crippen molar-refractivity contribution >= 4 is 22.6 Å². The van der Waals surface area contributed by atoms with Crippen molar-refractivity contribution < 1.29 is 4.42 Å². The van der Waals surface area contributed by atoms with E-state index in [1.54, 1.807) is 6.20 Å². The highest BCUT2D eigenvalue weighted by Gasteiger charge is 2.08. The van der Waals surface area contributed by atoms with E-state index in [-0.39, 0.29) is 0 Å². The molecule has 0 aliphatic heterocycles. The highest BCUT2D eigenvalue weighted by molar-refractivity contribution is 14.1. The van der Waals surface area contributed by atoms with Gasteiger partial charge in [-0.25, -0.2) is 0 Å². The third kappa shape index (κ3) is 1.69. The summed E-state index contributed by atoms with van der Waals surface area (Å²) in [5, 5.41) is 7.66. The van der Waals surface area contributed by atoms with Crippen LogP contribution in [0.15, 0.2) is 22.7 Å². The lowest BCUT2D eigenvalue weighted by Crippen LogP contribution is -1.86. The third-order valence-electron chi connectivity index (χ3n) is 1.64. The van der Waals surface area contributed by atoms with Crippen LogP contribution in [0.3, 0.4) is 0 Å². The van der Waals surface area contributed by atoms with Crippen molar-refractivity contribution in [2.75, 3.05) is 0 Å². The maximum absolute atomic E-state index is 5.27. The van der Waals surface area contributed by atoms with Gasteiger partial charge in [0.05, 0.1) is 5.56 Å². The van der Waals surface area contributed by atoms with E-state index in [0.29, 0.717) is 9.79 Å². The molecule has 13 heavy (non-hydrogen) atoms. The molecule has 66 valence electrons. The lowest BCUT2D eigenvalue weighted by atomic mass is 10.2. The Hall–Kier alpha value is -0.980. The maximum Gasteiger partial charge on any atom is 0.278 e. The zero-order chi connectivity index (χ0) is 9.26. The summed E-state index contributed by atoms with van der Waals surface area (Å²) >= 11 is 1.98. The second-order valence-corrected chi connectivity index (χ2v) is 3.42. The van der Waals surface area contributed by atoms with E-state index in [4.69, 9.17) is 4.42 Å². The predicted octanol–water partition coefficient (Wildman–Crippen LogP) is 2.04. The van der Waals surface area contributed by atoms with Crippen molar-refractivity contribution in [3.05, 3.63) is 27.9 Å². The van der Waals surface area contributed by atoms with Gasteiger partial charge in [0.15, 0.2) is 0 Å². The highest BCUT2D eigenvalue weighted by atomic mass is 127. The Labute approximate surface area is 88.5 Å². The molecule has 0 aromatic carbocycles. The molecule has 2 rings (SSSR count). The molecule has 0 N–H and O–H groups in total. The van der Waals surface area contributed by atoms with Gasteiger partial charge in [-0.05, 0) is 19.1 Å². The monoisotopic (exact) mass is 287 g/mol. The Kier molecular flexibility index (Phi) is 2.26. The molecule has 2 aromatic heterocycles. The number of rotatable bonds is 1. The smallest absolute Gasteiger partial charge is 0.278 e. The van der Waals surface area contributed by atoms with Gasteiger partial charge in [0, 0.05) is 34.5 Å². The molecule has 2 aromatic rings. The predicted molar refractivity (Wildman–Crippen MR) is 55.0 cm³/mol. The van der Waals surface area contributed by atoms with Crippen LogP contribution in [0.5, 0.6) is 0 Å². The SMILES string of the molecule is Cc1ncccc1-c1nnc(I)o1. The van der Waals surface area contributed by atoms with E-state index in [1.165, 1.54) is 0 Å². The minimum absolute atomic E-state index is 0.523. The van der Waals surface area contributed by atoms with Crippen molar-refractivity contribution in [2.24, 2.45) is 0 Å². The number of hydrogen-bond acceptors (Lipinski definition) is 4. The summed E-state index contributed by atoms with van der Waals surface area (Å²) in [6.07, 6.45) is 1.74. The molecular formula is C8H6IN3O. The van der Waals surface area contributed by atoms with E-state index in [1.807, 2.05) is 41.6 Å². The first-order valence-corrected chi connectivity index (χ1v) is 4.76. The minimum Gasteiger partial charge on any atom is -0.412 e. The molecule has 0 spiro atoms. The van der Waals surface area contributed by atoms with Gasteiger partial charge in [0.25, 0.3) is 3.90 Å². The standard InChI is InChI=1S/C8H6IN3O/c1-5-6(3-2-4-10-5)7-11-12-8(9)13-7/h2-4H,1H3. The Morgan fingerprint density at radius 2 is 2.23 bits per heavy atom. The molecule has 0 aliphatic carbocycles. The molecule has 4 nitrogen and oxygen atoms in total. The van der Waals surface area contributed by atoms with Crippen LogP contribution in [0.4, 0.5) is 0 Å². The molecule has 0 aliphatic rings. The first kappa shape index (κ1) is 8.61. The maximum atomic E-state index is 5.27. The number of pyridine rings is 1. The van der Waals surface area contributed by atoms with Gasteiger partial charge in [0.2, 0.25) is 5.89 Å². The minimum atomic E-state index is 0.523. The van der Waals surface area contributed by atoms with E-state index in [2.05, 4.69) is 15.2 Å². The van der Waals surface area contributed by atoms with Gasteiger partial charge < -0.3 is 4.42 Å². The quantitative estimate of drug-likeness (QED) is 0.753. The first-order valence-electron chi connectivity index (χ1n) is 3.68. The van der Waals surface area contributed by atoms with Crippen LogP contribution in [0.2, 0.25) is 0 Å². The van der Waals surface area contributed by atoms with Gasteiger partial charge in [-0.15, -0.1) is 10.2 Å². The van der Waals surface area contributed by atoms with Gasteiger partial charge in [-0.3, -0.25) is 4.98 Å². The fourth-order valence-electron chi connectivity index (χ4n) is 1.02.